The molecule has 0 saturated carbocycles. The molecule has 2 fully saturated rings. The first-order chi connectivity index (χ1) is 15.1. The highest BCUT2D eigenvalue weighted by molar-refractivity contribution is 7.93. The molecule has 2 unspecified atom stereocenters. The Bertz CT molecular complexity index is 1280. The van der Waals surface area contributed by atoms with Crippen molar-refractivity contribution >= 4 is 21.3 Å². The summed E-state index contributed by atoms with van der Waals surface area (Å²) in [6.45, 7) is 2.83. The summed E-state index contributed by atoms with van der Waals surface area (Å²) in [4.78, 5) is 10.3. The third-order valence-corrected chi connectivity index (χ3v) is 9.22. The highest BCUT2D eigenvalue weighted by atomic mass is 32.2. The van der Waals surface area contributed by atoms with Gasteiger partial charge >= 0.3 is 0 Å². The van der Waals surface area contributed by atoms with Crippen molar-refractivity contribution in [1.29, 1.82) is 5.26 Å². The standard InChI is InChI=1S/C23H26N7S/c1-31-16-23(31)6-2-18(3-11-27-23)29-14-22(15-29,7-8-24)30-13-17(12-28-30)19-4-9-25-21-20(19)5-10-26-21/h4-5,9-10,12-13,18,27H,2-3,6-7,11,14-15H2,1H3,(H,25,26)/q-1. The van der Waals surface area contributed by atoms with Gasteiger partial charge in [0.25, 0.3) is 0 Å². The van der Waals surface area contributed by atoms with Crippen LogP contribution in [0.4, 0.5) is 0 Å². The minimum absolute atomic E-state index is 0.203. The van der Waals surface area contributed by atoms with E-state index in [1.165, 1.54) is 12.8 Å². The van der Waals surface area contributed by atoms with Crippen LogP contribution in [0, 0.1) is 16.5 Å². The van der Waals surface area contributed by atoms with E-state index in [-0.39, 0.29) is 10.4 Å². The molecule has 0 aromatic carbocycles. The van der Waals surface area contributed by atoms with E-state index in [1.807, 2.05) is 35.4 Å². The molecule has 0 aliphatic carbocycles. The molecule has 160 valence electrons. The van der Waals surface area contributed by atoms with Crippen LogP contribution in [0.5, 0.6) is 0 Å². The van der Waals surface area contributed by atoms with Crippen LogP contribution < -0.4 is 5.32 Å². The van der Waals surface area contributed by atoms with Crippen LogP contribution in [0.3, 0.4) is 0 Å². The van der Waals surface area contributed by atoms with Gasteiger partial charge in [0.15, 0.2) is 0 Å². The van der Waals surface area contributed by atoms with Crippen molar-refractivity contribution in [2.75, 3.05) is 25.9 Å². The first-order valence-electron chi connectivity index (χ1n) is 10.9. The molecule has 3 aromatic heterocycles. The number of aromatic nitrogens is 4. The van der Waals surface area contributed by atoms with Crippen LogP contribution in [-0.4, -0.2) is 61.5 Å². The van der Waals surface area contributed by atoms with E-state index >= 15 is 0 Å². The average molecular weight is 433 g/mol. The zero-order valence-corrected chi connectivity index (χ0v) is 18.5. The topological polar surface area (TPSA) is 85.6 Å². The Balaban J connectivity index is 1.21. The zero-order valence-electron chi connectivity index (χ0n) is 17.6. The number of likely N-dealkylation sites (tertiary alicyclic amines) is 1. The van der Waals surface area contributed by atoms with Crippen LogP contribution in [-0.2, 0) is 15.8 Å². The predicted molar refractivity (Wildman–Crippen MR) is 123 cm³/mol. The number of nitriles is 1. The lowest BCUT2D eigenvalue weighted by Gasteiger charge is -2.52. The first kappa shape index (κ1) is 19.1. The molecule has 3 aromatic rings. The van der Waals surface area contributed by atoms with E-state index in [4.69, 9.17) is 5.10 Å². The number of nitrogens with one attached hydrogen (secondary N) is 2. The minimum atomic E-state index is -0.235. The molecule has 3 aliphatic rings. The van der Waals surface area contributed by atoms with Gasteiger partial charge in [0.2, 0.25) is 0 Å². The highest BCUT2D eigenvalue weighted by Gasteiger charge is 2.48. The van der Waals surface area contributed by atoms with Gasteiger partial charge in [-0.1, -0.05) is 0 Å². The summed E-state index contributed by atoms with van der Waals surface area (Å²) in [7, 11) is 0.306. The van der Waals surface area contributed by atoms with E-state index in [2.05, 4.69) is 43.9 Å². The molecule has 3 aliphatic heterocycles. The Labute approximate surface area is 184 Å². The Morgan fingerprint density at radius 1 is 1.35 bits per heavy atom. The van der Waals surface area contributed by atoms with E-state index in [9.17, 15) is 5.26 Å². The molecule has 8 heteroatoms. The number of hydrogen-bond acceptors (Lipinski definition) is 6. The largest absolute Gasteiger partial charge is 0.429 e. The minimum Gasteiger partial charge on any atom is -0.429 e. The fourth-order valence-electron chi connectivity index (χ4n) is 5.37. The summed E-state index contributed by atoms with van der Waals surface area (Å²) in [5.41, 5.74) is 2.83. The van der Waals surface area contributed by atoms with Crippen molar-refractivity contribution < 1.29 is 0 Å². The summed E-state index contributed by atoms with van der Waals surface area (Å²) < 4.78 is 2.04. The van der Waals surface area contributed by atoms with Crippen LogP contribution >= 0.6 is 0 Å². The van der Waals surface area contributed by atoms with Crippen molar-refractivity contribution in [1.82, 2.24) is 30.0 Å². The monoisotopic (exact) mass is 432 g/mol. The third-order valence-electron chi connectivity index (χ3n) is 7.28. The van der Waals surface area contributed by atoms with Crippen molar-refractivity contribution in [2.45, 2.75) is 42.1 Å². The summed E-state index contributed by atoms with van der Waals surface area (Å²) in [6, 6.07) is 7.08. The van der Waals surface area contributed by atoms with E-state index < -0.39 is 0 Å². The fraction of sp³-hybridized carbons (Fsp3) is 0.478. The lowest BCUT2D eigenvalue weighted by Crippen LogP contribution is -2.65. The van der Waals surface area contributed by atoms with Gasteiger partial charge in [0.05, 0.1) is 18.7 Å². The lowest BCUT2D eigenvalue weighted by molar-refractivity contribution is -0.0294. The maximum Gasteiger partial charge on any atom is 0.137 e. The summed E-state index contributed by atoms with van der Waals surface area (Å²) >= 11 is 0. The Morgan fingerprint density at radius 3 is 3.03 bits per heavy atom. The molecule has 2 atom stereocenters. The van der Waals surface area contributed by atoms with Gasteiger partial charge in [0, 0.05) is 48.7 Å². The molecule has 6 heterocycles. The van der Waals surface area contributed by atoms with Crippen molar-refractivity contribution in [3.05, 3.63) is 36.9 Å². The van der Waals surface area contributed by atoms with E-state index in [1.54, 1.807) is 0 Å². The van der Waals surface area contributed by atoms with Crippen LogP contribution in [0.15, 0.2) is 36.9 Å². The zero-order chi connectivity index (χ0) is 21.1. The molecule has 0 amide bonds. The van der Waals surface area contributed by atoms with Crippen LogP contribution in [0.2, 0.25) is 0 Å². The van der Waals surface area contributed by atoms with Crippen molar-refractivity contribution in [3.8, 4) is 22.4 Å². The lowest BCUT2D eigenvalue weighted by atomic mass is 9.84. The molecule has 1 spiro atoms. The Morgan fingerprint density at radius 2 is 2.23 bits per heavy atom. The van der Waals surface area contributed by atoms with Gasteiger partial charge in [-0.15, -0.1) is 6.26 Å². The average Bonchev–Trinajstić information content (AvgIpc) is 3.11. The summed E-state index contributed by atoms with van der Waals surface area (Å²) in [5, 5.41) is 22.7. The van der Waals surface area contributed by atoms with Crippen molar-refractivity contribution in [3.63, 3.8) is 0 Å². The second-order valence-electron chi connectivity index (χ2n) is 9.08. The number of nitrogens with zero attached hydrogens (tertiary/aromatic N) is 5. The van der Waals surface area contributed by atoms with Gasteiger partial charge in [-0.2, -0.15) is 10.4 Å². The normalized spacial score (nSPS) is 27.8. The number of pyridine rings is 1. The maximum atomic E-state index is 9.57. The van der Waals surface area contributed by atoms with Gasteiger partial charge in [0.1, 0.15) is 11.2 Å². The molecule has 7 nitrogen and oxygen atoms in total. The Kier molecular flexibility index (Phi) is 4.31. The Hall–Kier alpha value is -2.56. The smallest absolute Gasteiger partial charge is 0.137 e. The molecule has 31 heavy (non-hydrogen) atoms. The number of aromatic amines is 1. The quantitative estimate of drug-likeness (QED) is 0.619. The molecule has 2 N–H and O–H groups in total. The van der Waals surface area contributed by atoms with Crippen LogP contribution in [0.25, 0.3) is 22.2 Å². The van der Waals surface area contributed by atoms with Gasteiger partial charge < -0.3 is 25.8 Å². The molecule has 6 rings (SSSR count). The summed E-state index contributed by atoms with van der Waals surface area (Å²) in [5.74, 6) is 0. The second kappa shape index (κ2) is 6.98. The van der Waals surface area contributed by atoms with Crippen LogP contribution in [0.1, 0.15) is 25.7 Å². The highest BCUT2D eigenvalue weighted by Crippen LogP contribution is 2.39. The van der Waals surface area contributed by atoms with Gasteiger partial charge in [-0.3, -0.25) is 9.58 Å². The second-order valence-corrected chi connectivity index (χ2v) is 11.0. The number of hydrogen-bond donors (Lipinski definition) is 2. The van der Waals surface area contributed by atoms with Gasteiger partial charge in [-0.25, -0.2) is 4.98 Å². The number of fused-ring (bicyclic) bond motifs is 1. The SMILES string of the molecule is C[S-]1#CC12CCC(N1CC(CC#N)(n3cc(-c4ccnc5[nH]ccc45)cn3)C1)CCN2. The summed E-state index contributed by atoms with van der Waals surface area (Å²) in [6.07, 6.45) is 14.1. The van der Waals surface area contributed by atoms with Gasteiger partial charge in [-0.05, 0) is 48.4 Å². The molecule has 0 radical (unpaired) electrons. The predicted octanol–water partition coefficient (Wildman–Crippen LogP) is 2.41. The molecule has 0 bridgehead atoms. The maximum absolute atomic E-state index is 9.57. The number of rotatable bonds is 4. The fourth-order valence-corrected chi connectivity index (χ4v) is 6.99. The number of H-pyrrole nitrogens is 1. The molecular weight excluding hydrogens is 406 g/mol. The van der Waals surface area contributed by atoms with E-state index in [0.29, 0.717) is 22.8 Å². The van der Waals surface area contributed by atoms with E-state index in [0.717, 1.165) is 48.2 Å². The molecule has 2 saturated heterocycles. The molecular formula is C23H26N7S-. The third kappa shape index (κ3) is 3.04. The van der Waals surface area contributed by atoms with Crippen molar-refractivity contribution in [2.24, 2.45) is 0 Å². The first-order valence-corrected chi connectivity index (χ1v) is 12.5.